The summed E-state index contributed by atoms with van der Waals surface area (Å²) in [5, 5.41) is 1.88. The molecule has 2 rings (SSSR count). The molecule has 6 heteroatoms. The number of carbonyl (C=O) groups is 1. The topological polar surface area (TPSA) is 43.6 Å². The van der Waals surface area contributed by atoms with Gasteiger partial charge in [-0.1, -0.05) is 15.9 Å². The third kappa shape index (κ3) is 3.08. The molecule has 0 aliphatic carbocycles. The van der Waals surface area contributed by atoms with Crippen LogP contribution in [-0.4, -0.2) is 17.3 Å². The molecule has 1 amide bonds. The normalized spacial score (nSPS) is 11.6. The van der Waals surface area contributed by atoms with Gasteiger partial charge in [0, 0.05) is 21.7 Å². The first-order chi connectivity index (χ1) is 8.70. The monoisotopic (exact) mass is 326 g/mol. The molecule has 0 aliphatic rings. The molecular weight excluding hydrogens is 316 g/mol. The van der Waals surface area contributed by atoms with Crippen LogP contribution < -0.4 is 4.80 Å². The van der Waals surface area contributed by atoms with Crippen LogP contribution in [0.4, 0.5) is 4.79 Å². The standard InChI is InChI=1S/C12H11BrN2O2S/c1-2-17-12(16)14-11-15(7-8-18-11)10-5-3-9(13)4-6-10/h3-8H,2H2,1H3/b14-11-. The maximum Gasteiger partial charge on any atom is 0.436 e. The zero-order valence-corrected chi connectivity index (χ0v) is 12.1. The molecule has 0 radical (unpaired) electrons. The second-order valence-corrected chi connectivity index (χ2v) is 5.13. The molecule has 18 heavy (non-hydrogen) atoms. The third-order valence-electron chi connectivity index (χ3n) is 2.15. The fraction of sp³-hybridized carbons (Fsp3) is 0.167. The van der Waals surface area contributed by atoms with E-state index in [0.29, 0.717) is 11.4 Å². The van der Waals surface area contributed by atoms with Crippen molar-refractivity contribution in [3.8, 4) is 5.69 Å². The minimum absolute atomic E-state index is 0.325. The highest BCUT2D eigenvalue weighted by atomic mass is 79.9. The lowest BCUT2D eigenvalue weighted by Gasteiger charge is -2.02. The van der Waals surface area contributed by atoms with E-state index >= 15 is 0 Å². The van der Waals surface area contributed by atoms with Crippen LogP contribution in [0.1, 0.15) is 6.92 Å². The Labute approximate surface area is 117 Å². The number of thiazole rings is 1. The molecule has 0 saturated carbocycles. The van der Waals surface area contributed by atoms with E-state index in [1.807, 2.05) is 40.4 Å². The number of hydrogen-bond donors (Lipinski definition) is 0. The van der Waals surface area contributed by atoms with E-state index in [0.717, 1.165) is 10.2 Å². The molecule has 1 heterocycles. The minimum Gasteiger partial charge on any atom is -0.448 e. The predicted molar refractivity (Wildman–Crippen MR) is 73.9 cm³/mol. The molecule has 94 valence electrons. The van der Waals surface area contributed by atoms with E-state index in [1.54, 1.807) is 6.92 Å². The Balaban J connectivity index is 2.39. The van der Waals surface area contributed by atoms with Crippen molar-refractivity contribution in [2.45, 2.75) is 6.92 Å². The third-order valence-corrected chi connectivity index (χ3v) is 3.43. The summed E-state index contributed by atoms with van der Waals surface area (Å²) in [5.74, 6) is 0. The van der Waals surface area contributed by atoms with Gasteiger partial charge in [-0.2, -0.15) is 0 Å². The predicted octanol–water partition coefficient (Wildman–Crippen LogP) is 3.36. The number of rotatable bonds is 2. The van der Waals surface area contributed by atoms with Crippen LogP contribution in [0.25, 0.3) is 5.69 Å². The Kier molecular flexibility index (Phi) is 4.33. The summed E-state index contributed by atoms with van der Waals surface area (Å²) in [6.45, 7) is 2.08. The van der Waals surface area contributed by atoms with Crippen molar-refractivity contribution in [2.24, 2.45) is 4.99 Å². The zero-order valence-electron chi connectivity index (χ0n) is 9.67. The van der Waals surface area contributed by atoms with Crippen LogP contribution in [0.15, 0.2) is 45.3 Å². The summed E-state index contributed by atoms with van der Waals surface area (Å²) in [7, 11) is 0. The van der Waals surface area contributed by atoms with E-state index in [-0.39, 0.29) is 0 Å². The second kappa shape index (κ2) is 5.97. The summed E-state index contributed by atoms with van der Waals surface area (Å²) < 4.78 is 7.65. The minimum atomic E-state index is -0.564. The van der Waals surface area contributed by atoms with Crippen LogP contribution >= 0.6 is 27.3 Å². The molecule has 1 aromatic heterocycles. The van der Waals surface area contributed by atoms with E-state index in [4.69, 9.17) is 4.74 Å². The number of aromatic nitrogens is 1. The van der Waals surface area contributed by atoms with Crippen LogP contribution in [0.2, 0.25) is 0 Å². The first-order valence-electron chi connectivity index (χ1n) is 5.34. The van der Waals surface area contributed by atoms with Crippen molar-refractivity contribution < 1.29 is 9.53 Å². The molecule has 0 N–H and O–H groups in total. The van der Waals surface area contributed by atoms with E-state index in [1.165, 1.54) is 11.3 Å². The molecule has 2 aromatic rings. The number of carbonyl (C=O) groups excluding carboxylic acids is 1. The molecule has 0 bridgehead atoms. The lowest BCUT2D eigenvalue weighted by atomic mass is 10.3. The van der Waals surface area contributed by atoms with Crippen molar-refractivity contribution in [1.82, 2.24) is 4.57 Å². The number of benzene rings is 1. The molecule has 0 aliphatic heterocycles. The average Bonchev–Trinajstić information content (AvgIpc) is 2.78. The number of hydrogen-bond acceptors (Lipinski definition) is 3. The highest BCUT2D eigenvalue weighted by molar-refractivity contribution is 9.10. The van der Waals surface area contributed by atoms with E-state index in [2.05, 4.69) is 20.9 Å². The Morgan fingerprint density at radius 2 is 2.17 bits per heavy atom. The lowest BCUT2D eigenvalue weighted by molar-refractivity contribution is 0.162. The molecule has 0 unspecified atom stereocenters. The van der Waals surface area contributed by atoms with Crippen LogP contribution in [0.3, 0.4) is 0 Å². The van der Waals surface area contributed by atoms with Gasteiger partial charge in [0.2, 0.25) is 4.80 Å². The first-order valence-corrected chi connectivity index (χ1v) is 7.01. The molecule has 4 nitrogen and oxygen atoms in total. The molecule has 0 atom stereocenters. The molecule has 1 aromatic carbocycles. The molecule has 0 fully saturated rings. The lowest BCUT2D eigenvalue weighted by Crippen LogP contribution is -2.14. The van der Waals surface area contributed by atoms with Gasteiger partial charge in [0.05, 0.1) is 6.61 Å². The van der Waals surface area contributed by atoms with Gasteiger partial charge in [-0.15, -0.1) is 16.3 Å². The summed E-state index contributed by atoms with van der Waals surface area (Å²) in [6, 6.07) is 7.77. The van der Waals surface area contributed by atoms with Crippen LogP contribution in [0.5, 0.6) is 0 Å². The zero-order chi connectivity index (χ0) is 13.0. The summed E-state index contributed by atoms with van der Waals surface area (Å²) >= 11 is 4.77. The van der Waals surface area contributed by atoms with Gasteiger partial charge in [-0.05, 0) is 31.2 Å². The van der Waals surface area contributed by atoms with Gasteiger partial charge in [0.25, 0.3) is 0 Å². The van der Waals surface area contributed by atoms with E-state index in [9.17, 15) is 4.79 Å². The SMILES string of the molecule is CCOC(=O)/N=c1\sccn1-c1ccc(Br)cc1. The Hall–Kier alpha value is -1.40. The molecular formula is C12H11BrN2O2S. The number of amides is 1. The van der Waals surface area contributed by atoms with Crippen molar-refractivity contribution in [2.75, 3.05) is 6.61 Å². The van der Waals surface area contributed by atoms with Gasteiger partial charge in [0.15, 0.2) is 0 Å². The maximum atomic E-state index is 11.3. The van der Waals surface area contributed by atoms with Gasteiger partial charge in [-0.3, -0.25) is 4.57 Å². The average molecular weight is 327 g/mol. The van der Waals surface area contributed by atoms with Crippen molar-refractivity contribution in [3.63, 3.8) is 0 Å². The summed E-state index contributed by atoms with van der Waals surface area (Å²) in [4.78, 5) is 15.9. The highest BCUT2D eigenvalue weighted by Crippen LogP contribution is 2.13. The largest absolute Gasteiger partial charge is 0.448 e. The Bertz CT molecular complexity index is 601. The van der Waals surface area contributed by atoms with Crippen molar-refractivity contribution >= 4 is 33.4 Å². The number of nitrogens with zero attached hydrogens (tertiary/aromatic N) is 2. The van der Waals surface area contributed by atoms with Crippen LogP contribution in [-0.2, 0) is 4.74 Å². The van der Waals surface area contributed by atoms with Gasteiger partial charge >= 0.3 is 6.09 Å². The molecule has 0 spiro atoms. The highest BCUT2D eigenvalue weighted by Gasteiger charge is 2.02. The Morgan fingerprint density at radius 3 is 2.83 bits per heavy atom. The summed E-state index contributed by atoms with van der Waals surface area (Å²) in [6.07, 6.45) is 1.30. The summed E-state index contributed by atoms with van der Waals surface area (Å²) in [5.41, 5.74) is 0.947. The van der Waals surface area contributed by atoms with Gasteiger partial charge < -0.3 is 4.74 Å². The van der Waals surface area contributed by atoms with Gasteiger partial charge in [-0.25, -0.2) is 4.79 Å². The fourth-order valence-corrected chi connectivity index (χ4v) is 2.36. The smallest absolute Gasteiger partial charge is 0.436 e. The number of halogens is 1. The first kappa shape index (κ1) is 13.0. The van der Waals surface area contributed by atoms with Crippen molar-refractivity contribution in [3.05, 3.63) is 45.1 Å². The van der Waals surface area contributed by atoms with Gasteiger partial charge in [0.1, 0.15) is 0 Å². The van der Waals surface area contributed by atoms with Crippen LogP contribution in [0, 0.1) is 0 Å². The number of ether oxygens (including phenoxy) is 1. The van der Waals surface area contributed by atoms with E-state index < -0.39 is 6.09 Å². The Morgan fingerprint density at radius 1 is 1.44 bits per heavy atom. The molecule has 0 saturated heterocycles. The maximum absolute atomic E-state index is 11.3. The fourth-order valence-electron chi connectivity index (χ4n) is 1.38. The quantitative estimate of drug-likeness (QED) is 0.849. The van der Waals surface area contributed by atoms with Crippen molar-refractivity contribution in [1.29, 1.82) is 0 Å². The second-order valence-electron chi connectivity index (χ2n) is 3.34.